The molecule has 0 atom stereocenters. The van der Waals surface area contributed by atoms with E-state index in [2.05, 4.69) is 36.4 Å². The highest BCUT2D eigenvalue weighted by Crippen LogP contribution is 2.19. The van der Waals surface area contributed by atoms with E-state index in [0.717, 1.165) is 14.9 Å². The maximum Gasteiger partial charge on any atom is 0.120 e. The Kier molecular flexibility index (Phi) is 4.68. The van der Waals surface area contributed by atoms with E-state index in [4.69, 9.17) is 9.84 Å². The second-order valence-electron chi connectivity index (χ2n) is 3.66. The molecule has 78 valence electrons. The molecule has 1 rings (SSSR count). The van der Waals surface area contributed by atoms with Gasteiger partial charge in [0.25, 0.3) is 0 Å². The Bertz CT molecular complexity index is 297. The molecule has 1 aromatic carbocycles. The molecule has 0 amide bonds. The number of hydrogen-bond donors (Lipinski definition) is 1. The van der Waals surface area contributed by atoms with Crippen molar-refractivity contribution in [1.82, 2.24) is 0 Å². The van der Waals surface area contributed by atoms with Gasteiger partial charge in [-0.1, -0.05) is 13.8 Å². The summed E-state index contributed by atoms with van der Waals surface area (Å²) in [5.74, 6) is 1.36. The maximum atomic E-state index is 9.01. The largest absolute Gasteiger partial charge is 0.493 e. The van der Waals surface area contributed by atoms with E-state index >= 15 is 0 Å². The number of ether oxygens (including phenoxy) is 1. The summed E-state index contributed by atoms with van der Waals surface area (Å²) in [6.07, 6.45) is 0. The number of hydrogen-bond acceptors (Lipinski definition) is 2. The lowest BCUT2D eigenvalue weighted by Gasteiger charge is -2.10. The van der Waals surface area contributed by atoms with Gasteiger partial charge in [0.1, 0.15) is 5.75 Å². The first kappa shape index (κ1) is 11.8. The summed E-state index contributed by atoms with van der Waals surface area (Å²) >= 11 is 2.22. The van der Waals surface area contributed by atoms with Crippen molar-refractivity contribution in [3.63, 3.8) is 0 Å². The minimum Gasteiger partial charge on any atom is -0.493 e. The normalized spacial score (nSPS) is 10.6. The summed E-state index contributed by atoms with van der Waals surface area (Å²) in [7, 11) is 0. The molecular formula is C11H15IO2. The van der Waals surface area contributed by atoms with Gasteiger partial charge in [-0.2, -0.15) is 0 Å². The molecule has 3 heteroatoms. The predicted molar refractivity (Wildman–Crippen MR) is 65.4 cm³/mol. The molecule has 14 heavy (non-hydrogen) atoms. The number of halogens is 1. The van der Waals surface area contributed by atoms with Crippen molar-refractivity contribution in [2.24, 2.45) is 5.92 Å². The SMILES string of the molecule is CC(C)COc1cc(I)cc(CO)c1. The summed E-state index contributed by atoms with van der Waals surface area (Å²) in [6.45, 7) is 5.00. The molecule has 0 saturated heterocycles. The standard InChI is InChI=1S/C11H15IO2/c1-8(2)7-14-11-4-9(6-13)3-10(12)5-11/h3-5,8,13H,6-7H2,1-2H3. The molecule has 1 aromatic rings. The van der Waals surface area contributed by atoms with E-state index in [0.29, 0.717) is 12.5 Å². The predicted octanol–water partition coefficient (Wildman–Crippen LogP) is 2.82. The molecule has 2 nitrogen and oxygen atoms in total. The van der Waals surface area contributed by atoms with E-state index in [1.165, 1.54) is 0 Å². The molecule has 0 heterocycles. The summed E-state index contributed by atoms with van der Waals surface area (Å²) < 4.78 is 6.67. The van der Waals surface area contributed by atoms with Crippen LogP contribution in [0.3, 0.4) is 0 Å². The van der Waals surface area contributed by atoms with E-state index < -0.39 is 0 Å². The fraction of sp³-hybridized carbons (Fsp3) is 0.455. The first-order valence-corrected chi connectivity index (χ1v) is 5.73. The molecule has 0 saturated carbocycles. The van der Waals surface area contributed by atoms with E-state index in [-0.39, 0.29) is 6.61 Å². The Labute approximate surface area is 98.4 Å². The van der Waals surface area contributed by atoms with Crippen molar-refractivity contribution in [2.75, 3.05) is 6.61 Å². The number of benzene rings is 1. The molecule has 0 bridgehead atoms. The molecule has 0 spiro atoms. The third-order valence-corrected chi connectivity index (χ3v) is 2.32. The van der Waals surface area contributed by atoms with Gasteiger partial charge in [-0.15, -0.1) is 0 Å². The smallest absolute Gasteiger partial charge is 0.120 e. The minimum absolute atomic E-state index is 0.0644. The second-order valence-corrected chi connectivity index (χ2v) is 4.90. The zero-order valence-electron chi connectivity index (χ0n) is 8.46. The third kappa shape index (κ3) is 3.84. The van der Waals surface area contributed by atoms with Crippen LogP contribution >= 0.6 is 22.6 Å². The molecule has 0 unspecified atom stereocenters. The maximum absolute atomic E-state index is 9.01. The van der Waals surface area contributed by atoms with Gasteiger partial charge >= 0.3 is 0 Å². The van der Waals surface area contributed by atoms with Gasteiger partial charge in [-0.3, -0.25) is 0 Å². The van der Waals surface area contributed by atoms with Crippen molar-refractivity contribution in [1.29, 1.82) is 0 Å². The fourth-order valence-electron chi connectivity index (χ4n) is 1.06. The van der Waals surface area contributed by atoms with E-state index in [1.54, 1.807) is 0 Å². The highest BCUT2D eigenvalue weighted by atomic mass is 127. The summed E-state index contributed by atoms with van der Waals surface area (Å²) in [5.41, 5.74) is 0.899. The Morgan fingerprint density at radius 2 is 2.07 bits per heavy atom. The summed E-state index contributed by atoms with van der Waals surface area (Å²) in [4.78, 5) is 0. The van der Waals surface area contributed by atoms with E-state index in [9.17, 15) is 0 Å². The Hall–Kier alpha value is -0.290. The van der Waals surface area contributed by atoms with Crippen LogP contribution in [0.5, 0.6) is 5.75 Å². The topological polar surface area (TPSA) is 29.5 Å². The Morgan fingerprint density at radius 1 is 1.36 bits per heavy atom. The van der Waals surface area contributed by atoms with Crippen LogP contribution in [0.15, 0.2) is 18.2 Å². The first-order valence-electron chi connectivity index (χ1n) is 4.65. The molecule has 0 aromatic heterocycles. The zero-order valence-corrected chi connectivity index (χ0v) is 10.6. The van der Waals surface area contributed by atoms with Gasteiger partial charge in [0.05, 0.1) is 13.2 Å². The quantitative estimate of drug-likeness (QED) is 0.867. The van der Waals surface area contributed by atoms with Crippen LogP contribution in [-0.4, -0.2) is 11.7 Å². The lowest BCUT2D eigenvalue weighted by Crippen LogP contribution is -2.04. The fourth-order valence-corrected chi connectivity index (χ4v) is 1.77. The van der Waals surface area contributed by atoms with E-state index in [1.807, 2.05) is 18.2 Å². The Balaban J connectivity index is 2.71. The van der Waals surface area contributed by atoms with Gasteiger partial charge in [-0.05, 0) is 52.3 Å². The number of aliphatic hydroxyl groups is 1. The van der Waals surface area contributed by atoms with Crippen LogP contribution in [0, 0.1) is 9.49 Å². The molecule has 1 N–H and O–H groups in total. The molecule has 0 aliphatic carbocycles. The van der Waals surface area contributed by atoms with Crippen LogP contribution < -0.4 is 4.74 Å². The molecular weight excluding hydrogens is 291 g/mol. The van der Waals surface area contributed by atoms with Crippen molar-refractivity contribution in [3.8, 4) is 5.75 Å². The van der Waals surface area contributed by atoms with Gasteiger partial charge in [0, 0.05) is 3.57 Å². The van der Waals surface area contributed by atoms with Crippen LogP contribution in [0.4, 0.5) is 0 Å². The average molecular weight is 306 g/mol. The second kappa shape index (κ2) is 5.56. The zero-order chi connectivity index (χ0) is 10.6. The summed E-state index contributed by atoms with van der Waals surface area (Å²) in [6, 6.07) is 5.80. The van der Waals surface area contributed by atoms with Gasteiger partial charge in [0.2, 0.25) is 0 Å². The molecule has 0 radical (unpaired) electrons. The molecule has 0 aliphatic heterocycles. The average Bonchev–Trinajstić information content (AvgIpc) is 2.14. The monoisotopic (exact) mass is 306 g/mol. The number of rotatable bonds is 4. The first-order chi connectivity index (χ1) is 6.61. The van der Waals surface area contributed by atoms with Gasteiger partial charge in [0.15, 0.2) is 0 Å². The third-order valence-electron chi connectivity index (χ3n) is 1.70. The van der Waals surface area contributed by atoms with Crippen molar-refractivity contribution < 1.29 is 9.84 Å². The minimum atomic E-state index is 0.0644. The van der Waals surface area contributed by atoms with Crippen LogP contribution in [-0.2, 0) is 6.61 Å². The molecule has 0 aliphatic rings. The van der Waals surface area contributed by atoms with Crippen LogP contribution in [0.1, 0.15) is 19.4 Å². The molecule has 0 fully saturated rings. The number of aliphatic hydroxyl groups excluding tert-OH is 1. The summed E-state index contributed by atoms with van der Waals surface area (Å²) in [5, 5.41) is 9.01. The highest BCUT2D eigenvalue weighted by Gasteiger charge is 2.01. The van der Waals surface area contributed by atoms with Gasteiger partial charge in [-0.25, -0.2) is 0 Å². The van der Waals surface area contributed by atoms with Crippen molar-refractivity contribution in [3.05, 3.63) is 27.3 Å². The lowest BCUT2D eigenvalue weighted by molar-refractivity contribution is 0.265. The Morgan fingerprint density at radius 3 is 2.64 bits per heavy atom. The van der Waals surface area contributed by atoms with Crippen molar-refractivity contribution >= 4 is 22.6 Å². The van der Waals surface area contributed by atoms with Crippen molar-refractivity contribution in [2.45, 2.75) is 20.5 Å². The van der Waals surface area contributed by atoms with Crippen LogP contribution in [0.2, 0.25) is 0 Å². The highest BCUT2D eigenvalue weighted by molar-refractivity contribution is 14.1. The van der Waals surface area contributed by atoms with Crippen LogP contribution in [0.25, 0.3) is 0 Å². The lowest BCUT2D eigenvalue weighted by atomic mass is 10.2. The van der Waals surface area contributed by atoms with Gasteiger partial charge < -0.3 is 9.84 Å².